The van der Waals surface area contributed by atoms with Crippen molar-refractivity contribution < 1.29 is 19.0 Å². The van der Waals surface area contributed by atoms with Gasteiger partial charge in [0, 0.05) is 6.42 Å². The van der Waals surface area contributed by atoms with E-state index in [9.17, 15) is 14.3 Å². The summed E-state index contributed by atoms with van der Waals surface area (Å²) in [5.41, 5.74) is 1.03. The summed E-state index contributed by atoms with van der Waals surface area (Å²) in [7, 11) is 0. The molecule has 1 fully saturated rings. The van der Waals surface area contributed by atoms with E-state index in [1.807, 2.05) is 37.3 Å². The molecule has 2 aromatic rings. The standard InChI is InChI=1S/C22H25FO3/c1-2-26-21(24)19-12-13-22(25,14-16-8-10-18(23)11-9-16)15-20(19)17-6-4-3-5-7-17/h3-11,19-20,25H,2,12-15H2,1H3/t19-,20+,22+/m1/s1. The third kappa shape index (κ3) is 4.31. The molecular weight excluding hydrogens is 331 g/mol. The average molecular weight is 356 g/mol. The van der Waals surface area contributed by atoms with Crippen molar-refractivity contribution in [2.45, 2.75) is 44.1 Å². The van der Waals surface area contributed by atoms with E-state index in [4.69, 9.17) is 4.74 Å². The first-order valence-electron chi connectivity index (χ1n) is 9.19. The molecule has 0 saturated heterocycles. The maximum Gasteiger partial charge on any atom is 0.309 e. The smallest absolute Gasteiger partial charge is 0.309 e. The van der Waals surface area contributed by atoms with Crippen LogP contribution in [-0.4, -0.2) is 23.3 Å². The zero-order valence-corrected chi connectivity index (χ0v) is 15.0. The number of rotatable bonds is 5. The summed E-state index contributed by atoms with van der Waals surface area (Å²) in [6.07, 6.45) is 2.04. The van der Waals surface area contributed by atoms with Crippen molar-refractivity contribution in [1.82, 2.24) is 0 Å². The molecular formula is C22H25FO3. The first kappa shape index (κ1) is 18.6. The fourth-order valence-corrected chi connectivity index (χ4v) is 4.00. The van der Waals surface area contributed by atoms with E-state index in [-0.39, 0.29) is 23.6 Å². The molecule has 1 N–H and O–H groups in total. The lowest BCUT2D eigenvalue weighted by Crippen LogP contribution is -2.42. The van der Waals surface area contributed by atoms with Crippen LogP contribution in [0.15, 0.2) is 54.6 Å². The highest BCUT2D eigenvalue weighted by atomic mass is 19.1. The quantitative estimate of drug-likeness (QED) is 0.815. The Hall–Kier alpha value is -2.20. The lowest BCUT2D eigenvalue weighted by atomic mass is 9.67. The molecule has 138 valence electrons. The second-order valence-electron chi connectivity index (χ2n) is 7.15. The molecule has 0 aliphatic heterocycles. The highest BCUT2D eigenvalue weighted by Gasteiger charge is 2.43. The van der Waals surface area contributed by atoms with Crippen LogP contribution in [0, 0.1) is 11.7 Å². The number of carbonyl (C=O) groups is 1. The zero-order chi connectivity index (χ0) is 18.6. The van der Waals surface area contributed by atoms with Crippen molar-refractivity contribution in [2.75, 3.05) is 6.61 Å². The molecule has 3 atom stereocenters. The van der Waals surface area contributed by atoms with Gasteiger partial charge in [0.25, 0.3) is 0 Å². The Balaban J connectivity index is 1.83. The van der Waals surface area contributed by atoms with Gasteiger partial charge in [-0.05, 0) is 55.4 Å². The van der Waals surface area contributed by atoms with Gasteiger partial charge in [0.1, 0.15) is 5.82 Å². The Morgan fingerprint density at radius 3 is 2.54 bits per heavy atom. The fraction of sp³-hybridized carbons (Fsp3) is 0.409. The van der Waals surface area contributed by atoms with Crippen LogP contribution in [0.25, 0.3) is 0 Å². The van der Waals surface area contributed by atoms with E-state index in [0.717, 1.165) is 11.1 Å². The first-order chi connectivity index (χ1) is 12.5. The van der Waals surface area contributed by atoms with Crippen molar-refractivity contribution in [3.63, 3.8) is 0 Å². The number of ether oxygens (including phenoxy) is 1. The molecule has 0 radical (unpaired) electrons. The number of carbonyl (C=O) groups excluding carboxylic acids is 1. The Kier molecular flexibility index (Phi) is 5.72. The number of esters is 1. The van der Waals surface area contributed by atoms with E-state index in [0.29, 0.717) is 32.3 Å². The summed E-state index contributed by atoms with van der Waals surface area (Å²) < 4.78 is 18.4. The lowest BCUT2D eigenvalue weighted by molar-refractivity contribution is -0.152. The largest absolute Gasteiger partial charge is 0.466 e. The summed E-state index contributed by atoms with van der Waals surface area (Å²) in [6.45, 7) is 2.17. The fourth-order valence-electron chi connectivity index (χ4n) is 4.00. The predicted molar refractivity (Wildman–Crippen MR) is 98.2 cm³/mol. The van der Waals surface area contributed by atoms with Crippen LogP contribution in [0.1, 0.15) is 43.2 Å². The molecule has 26 heavy (non-hydrogen) atoms. The van der Waals surface area contributed by atoms with Gasteiger partial charge in [0.15, 0.2) is 0 Å². The minimum Gasteiger partial charge on any atom is -0.466 e. The third-order valence-electron chi connectivity index (χ3n) is 5.27. The van der Waals surface area contributed by atoms with Gasteiger partial charge >= 0.3 is 5.97 Å². The normalized spacial score (nSPS) is 25.7. The van der Waals surface area contributed by atoms with E-state index in [1.165, 1.54) is 12.1 Å². The summed E-state index contributed by atoms with van der Waals surface area (Å²) >= 11 is 0. The van der Waals surface area contributed by atoms with Gasteiger partial charge in [0.05, 0.1) is 18.1 Å². The van der Waals surface area contributed by atoms with Crippen LogP contribution in [0.5, 0.6) is 0 Å². The molecule has 0 aromatic heterocycles. The molecule has 3 nitrogen and oxygen atoms in total. The molecule has 0 amide bonds. The summed E-state index contributed by atoms with van der Waals surface area (Å²) in [5, 5.41) is 11.2. The van der Waals surface area contributed by atoms with Gasteiger partial charge in [0.2, 0.25) is 0 Å². The first-order valence-corrected chi connectivity index (χ1v) is 9.19. The topological polar surface area (TPSA) is 46.5 Å². The second-order valence-corrected chi connectivity index (χ2v) is 7.15. The molecule has 3 rings (SSSR count). The van der Waals surface area contributed by atoms with Crippen LogP contribution in [0.3, 0.4) is 0 Å². The maximum absolute atomic E-state index is 13.1. The van der Waals surface area contributed by atoms with Crippen molar-refractivity contribution >= 4 is 5.97 Å². The monoisotopic (exact) mass is 356 g/mol. The molecule has 0 unspecified atom stereocenters. The van der Waals surface area contributed by atoms with E-state index < -0.39 is 5.60 Å². The van der Waals surface area contributed by atoms with Gasteiger partial charge in [-0.1, -0.05) is 42.5 Å². The van der Waals surface area contributed by atoms with Crippen molar-refractivity contribution in [2.24, 2.45) is 5.92 Å². The highest BCUT2D eigenvalue weighted by Crippen LogP contribution is 2.44. The lowest BCUT2D eigenvalue weighted by Gasteiger charge is -2.41. The Bertz CT molecular complexity index is 729. The van der Waals surface area contributed by atoms with Gasteiger partial charge < -0.3 is 9.84 Å². The second kappa shape index (κ2) is 8.00. The van der Waals surface area contributed by atoms with Crippen LogP contribution < -0.4 is 0 Å². The molecule has 2 aromatic carbocycles. The highest BCUT2D eigenvalue weighted by molar-refractivity contribution is 5.74. The molecule has 4 heteroatoms. The minimum absolute atomic E-state index is 0.0885. The zero-order valence-electron chi connectivity index (χ0n) is 15.0. The van der Waals surface area contributed by atoms with Gasteiger partial charge in [-0.15, -0.1) is 0 Å². The number of hydrogen-bond acceptors (Lipinski definition) is 3. The van der Waals surface area contributed by atoms with Crippen LogP contribution in [0.4, 0.5) is 4.39 Å². The molecule has 0 spiro atoms. The van der Waals surface area contributed by atoms with E-state index in [1.54, 1.807) is 12.1 Å². The maximum atomic E-state index is 13.1. The number of hydrogen-bond donors (Lipinski definition) is 1. The minimum atomic E-state index is -0.915. The molecule has 1 aliphatic rings. The summed E-state index contributed by atoms with van der Waals surface area (Å²) in [6, 6.07) is 16.1. The van der Waals surface area contributed by atoms with Crippen LogP contribution in [0.2, 0.25) is 0 Å². The Morgan fingerprint density at radius 1 is 1.19 bits per heavy atom. The average Bonchev–Trinajstić information content (AvgIpc) is 2.64. The Morgan fingerprint density at radius 2 is 1.88 bits per heavy atom. The van der Waals surface area contributed by atoms with Crippen molar-refractivity contribution in [1.29, 1.82) is 0 Å². The summed E-state index contributed by atoms with van der Waals surface area (Å²) in [5.74, 6) is -0.806. The van der Waals surface area contributed by atoms with Crippen LogP contribution >= 0.6 is 0 Å². The van der Waals surface area contributed by atoms with Gasteiger partial charge in [-0.3, -0.25) is 4.79 Å². The van der Waals surface area contributed by atoms with Crippen molar-refractivity contribution in [3.8, 4) is 0 Å². The van der Waals surface area contributed by atoms with E-state index >= 15 is 0 Å². The predicted octanol–water partition coefficient (Wildman–Crippen LogP) is 4.25. The number of halogens is 1. The SMILES string of the molecule is CCOC(=O)[C@@H]1CC[C@](O)(Cc2ccc(F)cc2)C[C@H]1c1ccccc1. The number of aliphatic hydroxyl groups is 1. The molecule has 0 bridgehead atoms. The van der Waals surface area contributed by atoms with Crippen LogP contribution in [-0.2, 0) is 16.0 Å². The third-order valence-corrected chi connectivity index (χ3v) is 5.27. The van der Waals surface area contributed by atoms with Crippen molar-refractivity contribution in [3.05, 3.63) is 71.5 Å². The molecule has 1 aliphatic carbocycles. The van der Waals surface area contributed by atoms with E-state index in [2.05, 4.69) is 0 Å². The Labute approximate surface area is 153 Å². The van der Waals surface area contributed by atoms with Gasteiger partial charge in [-0.25, -0.2) is 4.39 Å². The van der Waals surface area contributed by atoms with Gasteiger partial charge in [-0.2, -0.15) is 0 Å². The molecule has 0 heterocycles. The molecule has 1 saturated carbocycles. The number of benzene rings is 2. The summed E-state index contributed by atoms with van der Waals surface area (Å²) in [4.78, 5) is 12.4.